The topological polar surface area (TPSA) is 169 Å². The molecule has 4 N–H and O–H groups in total. The molecule has 0 spiro atoms. The number of carbonyl (C=O) groups is 4. The maximum Gasteiger partial charge on any atom is 0.329 e. The van der Waals surface area contributed by atoms with E-state index in [0.717, 1.165) is 34.7 Å². The van der Waals surface area contributed by atoms with Gasteiger partial charge >= 0.3 is 11.9 Å². The number of nitrogens with zero attached hydrogens (tertiary/aromatic N) is 1. The smallest absolute Gasteiger partial charge is 0.329 e. The van der Waals surface area contributed by atoms with Crippen molar-refractivity contribution < 1.29 is 33.0 Å². The molecule has 0 saturated heterocycles. The first kappa shape index (κ1) is 44.4. The van der Waals surface area contributed by atoms with E-state index in [2.05, 4.69) is 38.1 Å². The van der Waals surface area contributed by atoms with Gasteiger partial charge in [0, 0.05) is 25.1 Å². The zero-order chi connectivity index (χ0) is 44.1. The van der Waals surface area contributed by atoms with E-state index < -0.39 is 52.9 Å². The summed E-state index contributed by atoms with van der Waals surface area (Å²) in [5.41, 5.74) is 1.62. The number of aryl methyl sites for hydroxylation is 1. The highest BCUT2D eigenvalue weighted by Gasteiger charge is 2.32. The van der Waals surface area contributed by atoms with Crippen LogP contribution in [-0.4, -0.2) is 57.0 Å². The van der Waals surface area contributed by atoms with E-state index in [0.29, 0.717) is 28.3 Å². The number of anilines is 1. The number of fused-ring (bicyclic) bond motifs is 3. The van der Waals surface area contributed by atoms with Crippen LogP contribution in [0.15, 0.2) is 77.6 Å². The van der Waals surface area contributed by atoms with E-state index in [-0.39, 0.29) is 36.9 Å². The number of aromatic nitrogens is 2. The zero-order valence-electron chi connectivity index (χ0n) is 36.0. The Morgan fingerprint density at radius 1 is 0.852 bits per heavy atom. The summed E-state index contributed by atoms with van der Waals surface area (Å²) in [7, 11) is 0. The lowest BCUT2D eigenvalue weighted by molar-refractivity contribution is -0.159. The molecular formula is C48H56FN5O7. The quantitative estimate of drug-likeness (QED) is 0.0639. The minimum atomic E-state index is -1.35. The van der Waals surface area contributed by atoms with Crippen LogP contribution in [0.1, 0.15) is 119 Å². The van der Waals surface area contributed by atoms with Crippen molar-refractivity contribution in [3.63, 3.8) is 0 Å². The SMILES string of the molecule is Cc1nc2ccc3ccc(CNc4ccc(C(=O)N[C@@H](CCC(=O)OC(C)(C)C)C(=O)N[C@@H](Cc5cccc(C6CCCC6)c5)C(=O)OC(C)(C)C)c(F)c4)cc3c2c(=O)[nH]1. The summed E-state index contributed by atoms with van der Waals surface area (Å²) in [6.45, 7) is 12.4. The molecule has 2 amide bonds. The molecule has 1 heterocycles. The summed E-state index contributed by atoms with van der Waals surface area (Å²) in [5, 5.41) is 10.6. The first-order valence-electron chi connectivity index (χ1n) is 20.9. The highest BCUT2D eigenvalue weighted by atomic mass is 19.1. The molecule has 1 aliphatic rings. The standard InChI is InChI=1S/C48H56FN5O7/c1-28-51-38-20-17-32-16-15-30(24-36(32)42(38)45(58)52-28)27-50-34-18-19-35(37(49)26-34)43(56)53-39(21-22-41(55)60-47(2,3)4)44(57)54-40(46(59)61-48(5,6)7)25-29-11-10-14-33(23-29)31-12-8-9-13-31/h10-11,14-20,23-24,26,31,39-40,50H,8-9,12-13,21-22,25,27H2,1-7H3,(H,53,56)(H,54,57)(H,51,52,58)/t39-,40-/m0/s1. The third-order valence-electron chi connectivity index (χ3n) is 10.5. The van der Waals surface area contributed by atoms with Gasteiger partial charge in [0.15, 0.2) is 0 Å². The van der Waals surface area contributed by atoms with Crippen molar-refractivity contribution in [2.24, 2.45) is 0 Å². The second-order valence-electron chi connectivity index (χ2n) is 17.9. The Balaban J connectivity index is 1.18. The van der Waals surface area contributed by atoms with E-state index in [4.69, 9.17) is 9.47 Å². The Morgan fingerprint density at radius 3 is 2.28 bits per heavy atom. The number of rotatable bonds is 14. The minimum Gasteiger partial charge on any atom is -0.460 e. The number of H-pyrrole nitrogens is 1. The molecule has 4 aromatic carbocycles. The molecule has 322 valence electrons. The van der Waals surface area contributed by atoms with Gasteiger partial charge in [-0.1, -0.05) is 55.3 Å². The number of aromatic amines is 1. The van der Waals surface area contributed by atoms with Crippen molar-refractivity contribution in [1.29, 1.82) is 0 Å². The molecule has 2 atom stereocenters. The van der Waals surface area contributed by atoms with Gasteiger partial charge in [-0.05, 0) is 131 Å². The molecule has 1 fully saturated rings. The second kappa shape index (κ2) is 18.7. The third kappa shape index (κ3) is 12.0. The number of hydrogen-bond acceptors (Lipinski definition) is 9. The lowest BCUT2D eigenvalue weighted by atomic mass is 9.94. The van der Waals surface area contributed by atoms with Crippen molar-refractivity contribution in [2.45, 2.75) is 129 Å². The maximum atomic E-state index is 15.7. The van der Waals surface area contributed by atoms with Crippen LogP contribution >= 0.6 is 0 Å². The summed E-state index contributed by atoms with van der Waals surface area (Å²) < 4.78 is 26.9. The second-order valence-corrected chi connectivity index (χ2v) is 17.9. The van der Waals surface area contributed by atoms with E-state index in [1.807, 2.05) is 42.5 Å². The molecule has 1 saturated carbocycles. The number of esters is 2. The summed E-state index contributed by atoms with van der Waals surface area (Å²) in [5.74, 6) is -2.76. The highest BCUT2D eigenvalue weighted by molar-refractivity contribution is 6.06. The Labute approximate surface area is 355 Å². The molecule has 0 bridgehead atoms. The fraction of sp³-hybridized carbons (Fsp3) is 0.417. The van der Waals surface area contributed by atoms with E-state index >= 15 is 4.39 Å². The first-order valence-corrected chi connectivity index (χ1v) is 20.9. The number of halogens is 1. The van der Waals surface area contributed by atoms with Crippen molar-refractivity contribution in [3.05, 3.63) is 117 Å². The molecule has 13 heteroatoms. The van der Waals surface area contributed by atoms with Crippen LogP contribution in [0.2, 0.25) is 0 Å². The average molecular weight is 834 g/mol. The number of nitrogens with one attached hydrogen (secondary N) is 4. The average Bonchev–Trinajstić information content (AvgIpc) is 3.72. The van der Waals surface area contributed by atoms with E-state index in [1.165, 1.54) is 30.5 Å². The largest absolute Gasteiger partial charge is 0.460 e. The van der Waals surface area contributed by atoms with Gasteiger partial charge in [0.25, 0.3) is 11.5 Å². The van der Waals surface area contributed by atoms with Gasteiger partial charge in [0.05, 0.1) is 16.5 Å². The molecule has 5 aromatic rings. The fourth-order valence-electron chi connectivity index (χ4n) is 7.71. The Morgan fingerprint density at radius 2 is 1.57 bits per heavy atom. The zero-order valence-corrected chi connectivity index (χ0v) is 36.0. The predicted molar refractivity (Wildman–Crippen MR) is 234 cm³/mol. The van der Waals surface area contributed by atoms with Crippen LogP contribution in [-0.2, 0) is 36.8 Å². The molecule has 6 rings (SSSR count). The number of carbonyl (C=O) groups excluding carboxylic acids is 4. The van der Waals surface area contributed by atoms with Crippen molar-refractivity contribution in [2.75, 3.05) is 5.32 Å². The van der Waals surface area contributed by atoms with Crippen molar-refractivity contribution >= 4 is 51.1 Å². The molecular weight excluding hydrogens is 778 g/mol. The number of hydrogen-bond donors (Lipinski definition) is 4. The van der Waals surface area contributed by atoms with Crippen LogP contribution in [0.4, 0.5) is 10.1 Å². The molecule has 1 aromatic heterocycles. The van der Waals surface area contributed by atoms with Gasteiger partial charge in [0.1, 0.15) is 34.9 Å². The number of ether oxygens (including phenoxy) is 2. The normalized spacial score (nSPS) is 14.4. The van der Waals surface area contributed by atoms with Crippen molar-refractivity contribution in [3.8, 4) is 0 Å². The molecule has 0 aliphatic heterocycles. The van der Waals surface area contributed by atoms with Gasteiger partial charge in [-0.15, -0.1) is 0 Å². The van der Waals surface area contributed by atoms with Crippen LogP contribution < -0.4 is 21.5 Å². The van der Waals surface area contributed by atoms with E-state index in [1.54, 1.807) is 54.5 Å². The Bertz CT molecular complexity index is 2500. The molecule has 12 nitrogen and oxygen atoms in total. The summed E-state index contributed by atoms with van der Waals surface area (Å²) in [4.78, 5) is 74.2. The summed E-state index contributed by atoms with van der Waals surface area (Å²) in [6, 6.07) is 18.9. The molecule has 61 heavy (non-hydrogen) atoms. The van der Waals surface area contributed by atoms with Crippen LogP contribution in [0, 0.1) is 12.7 Å². The highest BCUT2D eigenvalue weighted by Crippen LogP contribution is 2.34. The third-order valence-corrected chi connectivity index (χ3v) is 10.5. The Hall–Kier alpha value is -6.11. The van der Waals surface area contributed by atoms with E-state index in [9.17, 15) is 24.0 Å². The summed E-state index contributed by atoms with van der Waals surface area (Å²) >= 11 is 0. The fourth-order valence-corrected chi connectivity index (χ4v) is 7.71. The van der Waals surface area contributed by atoms with Gasteiger partial charge in [-0.25, -0.2) is 14.2 Å². The van der Waals surface area contributed by atoms with Crippen LogP contribution in [0.25, 0.3) is 21.7 Å². The van der Waals surface area contributed by atoms with Crippen molar-refractivity contribution in [1.82, 2.24) is 20.6 Å². The van der Waals surface area contributed by atoms with Gasteiger partial charge in [-0.3, -0.25) is 19.2 Å². The van der Waals surface area contributed by atoms with Crippen LogP contribution in [0.3, 0.4) is 0 Å². The van der Waals surface area contributed by atoms with Gasteiger partial charge < -0.3 is 30.4 Å². The van der Waals surface area contributed by atoms with Gasteiger partial charge in [-0.2, -0.15) is 0 Å². The molecule has 0 radical (unpaired) electrons. The van der Waals surface area contributed by atoms with Crippen LogP contribution in [0.5, 0.6) is 0 Å². The Kier molecular flexibility index (Phi) is 13.6. The summed E-state index contributed by atoms with van der Waals surface area (Å²) in [6.07, 6.45) is 4.23. The lowest BCUT2D eigenvalue weighted by Gasteiger charge is -2.27. The predicted octanol–water partition coefficient (Wildman–Crippen LogP) is 8.08. The monoisotopic (exact) mass is 833 g/mol. The molecule has 1 aliphatic carbocycles. The number of amides is 2. The lowest BCUT2D eigenvalue weighted by Crippen LogP contribution is -2.53. The minimum absolute atomic E-state index is 0.127. The number of benzene rings is 4. The van der Waals surface area contributed by atoms with Gasteiger partial charge in [0.2, 0.25) is 5.91 Å². The molecule has 0 unspecified atom stereocenters. The first-order chi connectivity index (χ1) is 28.8. The maximum absolute atomic E-state index is 15.7.